The molecule has 0 fully saturated rings. The van der Waals surface area contributed by atoms with E-state index in [1.165, 1.54) is 20.8 Å². The number of amides is 1. The summed E-state index contributed by atoms with van der Waals surface area (Å²) in [5.74, 6) is -0.724. The summed E-state index contributed by atoms with van der Waals surface area (Å²) in [6.45, 7) is 3.81. The molecule has 0 aromatic heterocycles. The van der Waals surface area contributed by atoms with E-state index >= 15 is 0 Å². The maximum absolute atomic E-state index is 11.9. The van der Waals surface area contributed by atoms with E-state index in [4.69, 9.17) is 9.84 Å². The number of hydrogen-bond donors (Lipinski definition) is 1. The summed E-state index contributed by atoms with van der Waals surface area (Å²) >= 11 is 0. The van der Waals surface area contributed by atoms with Crippen molar-refractivity contribution in [3.05, 3.63) is 0 Å². The quantitative estimate of drug-likeness (QED) is 0.664. The molecule has 0 radical (unpaired) electrons. The highest BCUT2D eigenvalue weighted by atomic mass is 32.2. The lowest BCUT2D eigenvalue weighted by Gasteiger charge is -2.30. The Kier molecular flexibility index (Phi) is 5.96. The van der Waals surface area contributed by atoms with E-state index in [0.717, 1.165) is 7.05 Å². The number of ether oxygens (including phenoxy) is 1. The SMILES string of the molecule is CN(N(C(=O)OC(C)(C)C)S(C)(=O)=O)S(=O)(=O)CCO. The molecule has 11 heteroatoms. The fourth-order valence-corrected chi connectivity index (χ4v) is 3.30. The van der Waals surface area contributed by atoms with Gasteiger partial charge in [-0.25, -0.2) is 21.6 Å². The van der Waals surface area contributed by atoms with Gasteiger partial charge in [-0.3, -0.25) is 0 Å². The van der Waals surface area contributed by atoms with Crippen LogP contribution in [0, 0.1) is 0 Å². The van der Waals surface area contributed by atoms with E-state index in [9.17, 15) is 21.6 Å². The molecule has 9 nitrogen and oxygen atoms in total. The number of carbonyl (C=O) groups is 1. The lowest BCUT2D eigenvalue weighted by atomic mass is 10.2. The summed E-state index contributed by atoms with van der Waals surface area (Å²) in [4.78, 5) is 11.9. The van der Waals surface area contributed by atoms with Crippen LogP contribution in [0.2, 0.25) is 0 Å². The predicted molar refractivity (Wildman–Crippen MR) is 71.6 cm³/mol. The van der Waals surface area contributed by atoms with Crippen molar-refractivity contribution < 1.29 is 31.5 Å². The van der Waals surface area contributed by atoms with Gasteiger partial charge in [0, 0.05) is 7.05 Å². The Bertz CT molecular complexity index is 547. The first kappa shape index (κ1) is 19.1. The molecular weight excluding hydrogens is 312 g/mol. The van der Waals surface area contributed by atoms with Gasteiger partial charge in [0.15, 0.2) is 0 Å². The fourth-order valence-electron chi connectivity index (χ4n) is 1.12. The largest absolute Gasteiger partial charge is 0.442 e. The number of aliphatic hydroxyl groups excluding tert-OH is 1. The van der Waals surface area contributed by atoms with Crippen LogP contribution in [0.3, 0.4) is 0 Å². The maximum atomic E-state index is 11.9. The van der Waals surface area contributed by atoms with Crippen LogP contribution in [-0.4, -0.2) is 68.1 Å². The van der Waals surface area contributed by atoms with Crippen LogP contribution >= 0.6 is 0 Å². The fraction of sp³-hybridized carbons (Fsp3) is 0.889. The van der Waals surface area contributed by atoms with E-state index in [1.807, 2.05) is 0 Å². The first-order valence-electron chi connectivity index (χ1n) is 5.53. The van der Waals surface area contributed by atoms with Crippen LogP contribution in [-0.2, 0) is 24.8 Å². The van der Waals surface area contributed by atoms with Crippen molar-refractivity contribution in [2.45, 2.75) is 26.4 Å². The Morgan fingerprint density at radius 1 is 1.20 bits per heavy atom. The highest BCUT2D eigenvalue weighted by molar-refractivity contribution is 7.91. The van der Waals surface area contributed by atoms with E-state index in [-0.39, 0.29) is 8.83 Å². The Hall–Kier alpha value is -0.910. The molecule has 0 aliphatic carbocycles. The molecular formula is C9H20N2O7S2. The molecule has 0 aromatic rings. The lowest BCUT2D eigenvalue weighted by molar-refractivity contribution is 0.0196. The summed E-state index contributed by atoms with van der Waals surface area (Å²) in [5.41, 5.74) is -0.998. The summed E-state index contributed by atoms with van der Waals surface area (Å²) in [5, 5.41) is 8.67. The minimum absolute atomic E-state index is 0.00322. The van der Waals surface area contributed by atoms with Crippen molar-refractivity contribution in [1.29, 1.82) is 0 Å². The van der Waals surface area contributed by atoms with Crippen molar-refractivity contribution in [1.82, 2.24) is 8.83 Å². The van der Waals surface area contributed by atoms with Crippen LogP contribution in [0.1, 0.15) is 20.8 Å². The van der Waals surface area contributed by atoms with Gasteiger partial charge < -0.3 is 9.84 Å². The molecule has 1 N–H and O–H groups in total. The van der Waals surface area contributed by atoms with Crippen LogP contribution in [0.4, 0.5) is 4.79 Å². The summed E-state index contributed by atoms with van der Waals surface area (Å²) in [6, 6.07) is 0. The monoisotopic (exact) mass is 332 g/mol. The number of nitrogens with zero attached hydrogens (tertiary/aromatic N) is 2. The van der Waals surface area contributed by atoms with Gasteiger partial charge in [0.2, 0.25) is 10.0 Å². The topological polar surface area (TPSA) is 121 Å². The van der Waals surface area contributed by atoms with Crippen molar-refractivity contribution in [3.8, 4) is 0 Å². The number of hydrazine groups is 1. The van der Waals surface area contributed by atoms with Gasteiger partial charge in [-0.1, -0.05) is 4.41 Å². The molecule has 0 aliphatic rings. The van der Waals surface area contributed by atoms with Gasteiger partial charge >= 0.3 is 6.09 Å². The first-order valence-corrected chi connectivity index (χ1v) is 8.99. The molecule has 0 bridgehead atoms. The standard InChI is InChI=1S/C9H20N2O7S2/c1-9(2,3)18-8(13)11(19(5,14)15)10(4)20(16,17)7-6-12/h12H,6-7H2,1-5H3. The Labute approximate surface area is 119 Å². The van der Waals surface area contributed by atoms with Crippen LogP contribution in [0.15, 0.2) is 0 Å². The van der Waals surface area contributed by atoms with E-state index in [1.54, 1.807) is 0 Å². The van der Waals surface area contributed by atoms with Crippen molar-refractivity contribution in [3.63, 3.8) is 0 Å². The second kappa shape index (κ2) is 6.24. The molecule has 120 valence electrons. The zero-order valence-electron chi connectivity index (χ0n) is 12.0. The number of aliphatic hydroxyl groups is 1. The van der Waals surface area contributed by atoms with Gasteiger partial charge in [0.25, 0.3) is 10.0 Å². The molecule has 0 saturated carbocycles. The molecule has 0 heterocycles. The average Bonchev–Trinajstić information content (AvgIpc) is 2.11. The van der Waals surface area contributed by atoms with E-state index in [2.05, 4.69) is 0 Å². The second-order valence-electron chi connectivity index (χ2n) is 4.96. The van der Waals surface area contributed by atoms with E-state index < -0.39 is 44.1 Å². The molecule has 0 unspecified atom stereocenters. The molecule has 0 aliphatic heterocycles. The van der Waals surface area contributed by atoms with Crippen molar-refractivity contribution >= 4 is 26.1 Å². The normalized spacial score (nSPS) is 13.3. The second-order valence-corrected chi connectivity index (χ2v) is 8.87. The predicted octanol–water partition coefficient (Wildman–Crippen LogP) is -0.648. The van der Waals surface area contributed by atoms with Gasteiger partial charge in [-0.15, -0.1) is 4.41 Å². The number of hydrogen-bond acceptors (Lipinski definition) is 7. The van der Waals surface area contributed by atoms with Crippen LogP contribution in [0.5, 0.6) is 0 Å². The summed E-state index contributed by atoms with van der Waals surface area (Å²) in [6.07, 6.45) is -0.675. The van der Waals surface area contributed by atoms with Crippen LogP contribution < -0.4 is 0 Å². The molecule has 20 heavy (non-hydrogen) atoms. The minimum Gasteiger partial charge on any atom is -0.442 e. The zero-order valence-corrected chi connectivity index (χ0v) is 13.7. The van der Waals surface area contributed by atoms with Gasteiger partial charge in [-0.2, -0.15) is 0 Å². The van der Waals surface area contributed by atoms with E-state index in [0.29, 0.717) is 6.26 Å². The Morgan fingerprint density at radius 2 is 1.65 bits per heavy atom. The smallest absolute Gasteiger partial charge is 0.440 e. The minimum atomic E-state index is -4.21. The molecule has 0 spiro atoms. The third kappa shape index (κ3) is 5.61. The highest BCUT2D eigenvalue weighted by Gasteiger charge is 2.37. The van der Waals surface area contributed by atoms with Gasteiger partial charge in [0.1, 0.15) is 5.60 Å². The van der Waals surface area contributed by atoms with Gasteiger partial charge in [0.05, 0.1) is 18.6 Å². The summed E-state index contributed by atoms with van der Waals surface area (Å²) in [7, 11) is -7.49. The number of sulfonamides is 2. The molecule has 1 amide bonds. The van der Waals surface area contributed by atoms with Gasteiger partial charge in [-0.05, 0) is 20.8 Å². The lowest BCUT2D eigenvalue weighted by Crippen LogP contribution is -2.52. The molecule has 0 aromatic carbocycles. The van der Waals surface area contributed by atoms with Crippen LogP contribution in [0.25, 0.3) is 0 Å². The zero-order chi connectivity index (χ0) is 16.4. The Balaban J connectivity index is 5.57. The summed E-state index contributed by atoms with van der Waals surface area (Å²) < 4.78 is 51.8. The third-order valence-electron chi connectivity index (χ3n) is 1.87. The van der Waals surface area contributed by atoms with Crippen molar-refractivity contribution in [2.75, 3.05) is 25.7 Å². The Morgan fingerprint density at radius 3 is 1.95 bits per heavy atom. The maximum Gasteiger partial charge on any atom is 0.440 e. The molecule has 0 atom stereocenters. The third-order valence-corrected chi connectivity index (χ3v) is 4.66. The average molecular weight is 332 g/mol. The first-order chi connectivity index (χ1) is 8.72. The number of carbonyl (C=O) groups excluding carboxylic acids is 1. The molecule has 0 saturated heterocycles. The number of rotatable bonds is 5. The highest BCUT2D eigenvalue weighted by Crippen LogP contribution is 2.16. The molecule has 0 rings (SSSR count). The van der Waals surface area contributed by atoms with Crippen molar-refractivity contribution in [2.24, 2.45) is 0 Å².